The zero-order valence-corrected chi connectivity index (χ0v) is 30.0. The standard InChI is InChI=1S/C53H34N2/c1-3-16-38(17-4-1)52-51-48(34-40-19-9-10-22-43(40)53(51)55(54-52)42-20-5-2-6-21-42)36-28-30-37(31-29-36)49-44-23-11-13-25-46(44)50(47-26-14-12-24-45(47)49)41-32-27-35-15-7-8-18-39(35)33-41/h1-34H. The normalized spacial score (nSPS) is 11.6. The first-order chi connectivity index (χ1) is 27.3. The Morgan fingerprint density at radius 1 is 0.327 bits per heavy atom. The van der Waals surface area contributed by atoms with Gasteiger partial charge < -0.3 is 0 Å². The van der Waals surface area contributed by atoms with Gasteiger partial charge in [0.15, 0.2) is 0 Å². The third-order valence-electron chi connectivity index (χ3n) is 11.2. The summed E-state index contributed by atoms with van der Waals surface area (Å²) in [5, 5.41) is 16.4. The SMILES string of the molecule is c1ccc(-c2nn(-c3ccccc3)c3c2c(-c2ccc(-c4c5ccccc5c(-c5ccc6ccccc6c5)c5ccccc45)cc2)cc2ccccc23)cc1. The van der Waals surface area contributed by atoms with Crippen molar-refractivity contribution in [2.45, 2.75) is 0 Å². The molecule has 0 saturated carbocycles. The molecule has 0 N–H and O–H groups in total. The summed E-state index contributed by atoms with van der Waals surface area (Å²) >= 11 is 0. The van der Waals surface area contributed by atoms with Crippen LogP contribution in [0.15, 0.2) is 206 Å². The maximum absolute atomic E-state index is 5.37. The molecule has 0 aliphatic rings. The average molecular weight is 699 g/mol. The third kappa shape index (κ3) is 5.07. The fraction of sp³-hybridized carbons (Fsp3) is 0. The molecular formula is C53H34N2. The van der Waals surface area contributed by atoms with Crippen LogP contribution < -0.4 is 0 Å². The molecule has 0 amide bonds. The van der Waals surface area contributed by atoms with Gasteiger partial charge >= 0.3 is 0 Å². The van der Waals surface area contributed by atoms with Gasteiger partial charge in [0.1, 0.15) is 5.69 Å². The zero-order valence-electron chi connectivity index (χ0n) is 30.0. The summed E-state index contributed by atoms with van der Waals surface area (Å²) in [7, 11) is 0. The number of aromatic nitrogens is 2. The van der Waals surface area contributed by atoms with E-state index in [-0.39, 0.29) is 0 Å². The second-order valence-corrected chi connectivity index (χ2v) is 14.3. The first-order valence-corrected chi connectivity index (χ1v) is 18.9. The van der Waals surface area contributed by atoms with Crippen molar-refractivity contribution >= 4 is 54.0 Å². The molecule has 2 nitrogen and oxygen atoms in total. The van der Waals surface area contributed by atoms with E-state index >= 15 is 0 Å². The van der Waals surface area contributed by atoms with E-state index in [1.165, 1.54) is 70.9 Å². The summed E-state index contributed by atoms with van der Waals surface area (Å²) in [6.45, 7) is 0. The monoisotopic (exact) mass is 698 g/mol. The van der Waals surface area contributed by atoms with Crippen molar-refractivity contribution in [3.63, 3.8) is 0 Å². The maximum Gasteiger partial charge on any atom is 0.101 e. The smallest absolute Gasteiger partial charge is 0.101 e. The van der Waals surface area contributed by atoms with E-state index in [2.05, 4.69) is 211 Å². The van der Waals surface area contributed by atoms with Crippen LogP contribution in [0.1, 0.15) is 0 Å². The molecule has 0 saturated heterocycles. The van der Waals surface area contributed by atoms with Crippen molar-refractivity contribution in [1.29, 1.82) is 0 Å². The molecule has 0 unspecified atom stereocenters. The van der Waals surface area contributed by atoms with E-state index in [0.29, 0.717) is 0 Å². The summed E-state index contributed by atoms with van der Waals surface area (Å²) in [4.78, 5) is 0. The predicted octanol–water partition coefficient (Wildman–Crippen LogP) is 14.3. The molecule has 256 valence electrons. The number of para-hydroxylation sites is 1. The Labute approximate surface area is 319 Å². The topological polar surface area (TPSA) is 17.8 Å². The second-order valence-electron chi connectivity index (χ2n) is 14.3. The molecule has 0 atom stereocenters. The van der Waals surface area contributed by atoms with Crippen molar-refractivity contribution in [2.75, 3.05) is 0 Å². The Morgan fingerprint density at radius 3 is 1.47 bits per heavy atom. The molecule has 0 fully saturated rings. The fourth-order valence-electron chi connectivity index (χ4n) is 8.68. The van der Waals surface area contributed by atoms with E-state index in [4.69, 9.17) is 5.10 Å². The molecule has 0 radical (unpaired) electrons. The molecule has 10 aromatic carbocycles. The van der Waals surface area contributed by atoms with Crippen LogP contribution in [0.25, 0.3) is 104 Å². The van der Waals surface area contributed by atoms with Gasteiger partial charge in [-0.1, -0.05) is 182 Å². The second kappa shape index (κ2) is 12.7. The highest BCUT2D eigenvalue weighted by atomic mass is 15.3. The minimum Gasteiger partial charge on any atom is -0.232 e. The summed E-state index contributed by atoms with van der Waals surface area (Å²) in [5.41, 5.74) is 11.5. The number of nitrogens with zero attached hydrogens (tertiary/aromatic N) is 2. The number of rotatable bonds is 5. The summed E-state index contributed by atoms with van der Waals surface area (Å²) in [5.74, 6) is 0. The van der Waals surface area contributed by atoms with Gasteiger partial charge in [-0.25, -0.2) is 4.68 Å². The lowest BCUT2D eigenvalue weighted by Gasteiger charge is -2.18. The minimum absolute atomic E-state index is 0.977. The Morgan fingerprint density at radius 2 is 0.818 bits per heavy atom. The van der Waals surface area contributed by atoms with Crippen LogP contribution in [-0.2, 0) is 0 Å². The minimum atomic E-state index is 0.977. The van der Waals surface area contributed by atoms with Gasteiger partial charge in [0.2, 0.25) is 0 Å². The van der Waals surface area contributed by atoms with Crippen molar-refractivity contribution < 1.29 is 0 Å². The lowest BCUT2D eigenvalue weighted by atomic mass is 9.85. The molecule has 0 aliphatic carbocycles. The van der Waals surface area contributed by atoms with Gasteiger partial charge in [-0.15, -0.1) is 0 Å². The van der Waals surface area contributed by atoms with Gasteiger partial charge in [0, 0.05) is 16.3 Å². The van der Waals surface area contributed by atoms with Gasteiger partial charge in [0.25, 0.3) is 0 Å². The van der Waals surface area contributed by atoms with E-state index in [9.17, 15) is 0 Å². The fourth-order valence-corrected chi connectivity index (χ4v) is 8.68. The molecular weight excluding hydrogens is 665 g/mol. The Hall–Kier alpha value is -7.29. The molecule has 1 aromatic heterocycles. The number of benzene rings is 10. The van der Waals surface area contributed by atoms with Crippen LogP contribution in [0.2, 0.25) is 0 Å². The highest BCUT2D eigenvalue weighted by molar-refractivity contribution is 6.22. The van der Waals surface area contributed by atoms with Gasteiger partial charge in [-0.3, -0.25) is 0 Å². The molecule has 0 spiro atoms. The van der Waals surface area contributed by atoms with E-state index in [0.717, 1.165) is 33.4 Å². The Balaban J connectivity index is 1.14. The Bertz CT molecular complexity index is 3170. The summed E-state index contributed by atoms with van der Waals surface area (Å²) in [6.07, 6.45) is 0. The maximum atomic E-state index is 5.37. The van der Waals surface area contributed by atoms with Crippen LogP contribution in [0.5, 0.6) is 0 Å². The van der Waals surface area contributed by atoms with Crippen LogP contribution >= 0.6 is 0 Å². The molecule has 11 aromatic rings. The van der Waals surface area contributed by atoms with Crippen molar-refractivity contribution in [1.82, 2.24) is 9.78 Å². The third-order valence-corrected chi connectivity index (χ3v) is 11.2. The lowest BCUT2D eigenvalue weighted by Crippen LogP contribution is -1.96. The summed E-state index contributed by atoms with van der Waals surface area (Å²) in [6, 6.07) is 74.6. The van der Waals surface area contributed by atoms with Gasteiger partial charge in [-0.05, 0) is 95.3 Å². The number of fused-ring (bicyclic) bond motifs is 6. The quantitative estimate of drug-likeness (QED) is 0.164. The first-order valence-electron chi connectivity index (χ1n) is 18.9. The molecule has 55 heavy (non-hydrogen) atoms. The molecule has 0 bridgehead atoms. The predicted molar refractivity (Wildman–Crippen MR) is 233 cm³/mol. The number of hydrogen-bond acceptors (Lipinski definition) is 1. The average Bonchev–Trinajstić information content (AvgIpc) is 3.67. The van der Waals surface area contributed by atoms with Crippen molar-refractivity contribution in [2.24, 2.45) is 0 Å². The highest BCUT2D eigenvalue weighted by Gasteiger charge is 2.22. The number of hydrogen-bond donors (Lipinski definition) is 0. The lowest BCUT2D eigenvalue weighted by molar-refractivity contribution is 0.918. The molecule has 2 heteroatoms. The van der Waals surface area contributed by atoms with Crippen LogP contribution in [-0.4, -0.2) is 9.78 Å². The largest absolute Gasteiger partial charge is 0.232 e. The van der Waals surface area contributed by atoms with E-state index < -0.39 is 0 Å². The van der Waals surface area contributed by atoms with E-state index in [1.807, 2.05) is 0 Å². The molecule has 0 aliphatic heterocycles. The van der Waals surface area contributed by atoms with Gasteiger partial charge in [0.05, 0.1) is 11.2 Å². The van der Waals surface area contributed by atoms with Crippen LogP contribution in [0.3, 0.4) is 0 Å². The zero-order chi connectivity index (χ0) is 36.3. The Kier molecular flexibility index (Phi) is 7.21. The van der Waals surface area contributed by atoms with E-state index in [1.54, 1.807) is 0 Å². The van der Waals surface area contributed by atoms with Crippen LogP contribution in [0.4, 0.5) is 0 Å². The van der Waals surface area contributed by atoms with Crippen LogP contribution in [0, 0.1) is 0 Å². The highest BCUT2D eigenvalue weighted by Crippen LogP contribution is 2.46. The molecule has 11 rings (SSSR count). The summed E-state index contributed by atoms with van der Waals surface area (Å²) < 4.78 is 2.13. The molecule has 1 heterocycles. The first kappa shape index (κ1) is 31.3. The van der Waals surface area contributed by atoms with Gasteiger partial charge in [-0.2, -0.15) is 5.10 Å². The van der Waals surface area contributed by atoms with Crippen molar-refractivity contribution in [3.05, 3.63) is 206 Å². The van der Waals surface area contributed by atoms with Crippen molar-refractivity contribution in [3.8, 4) is 50.3 Å².